The molecular weight excluding hydrogens is 282 g/mol. The van der Waals surface area contributed by atoms with Crippen molar-refractivity contribution in [3.05, 3.63) is 52.7 Å². The van der Waals surface area contributed by atoms with Crippen LogP contribution in [0.15, 0.2) is 41.6 Å². The Kier molecular flexibility index (Phi) is 4.93. The van der Waals surface area contributed by atoms with E-state index in [1.807, 2.05) is 13.8 Å². The third-order valence-corrected chi connectivity index (χ3v) is 3.08. The van der Waals surface area contributed by atoms with Crippen LogP contribution in [0.3, 0.4) is 0 Å². The average molecular weight is 301 g/mol. The van der Waals surface area contributed by atoms with E-state index in [0.717, 1.165) is 0 Å². The number of aromatic nitrogens is 2. The lowest BCUT2D eigenvalue weighted by Gasteiger charge is -2.11. The van der Waals surface area contributed by atoms with Crippen LogP contribution in [-0.4, -0.2) is 22.6 Å². The maximum atomic E-state index is 12.3. The molecule has 0 saturated carbocycles. The molecule has 2 aromatic heterocycles. The van der Waals surface area contributed by atoms with Crippen LogP contribution in [0, 0.1) is 5.92 Å². The molecule has 0 atom stereocenters. The standard InChI is InChI=1S/C16H19N3O3/c1-11(2)10-19-8-4-5-12(16(19)21)15(20)18-13-6-7-17-9-14(13)22-3/h4-9,11H,10H2,1-3H3,(H,17,18,20). The summed E-state index contributed by atoms with van der Waals surface area (Å²) in [5, 5.41) is 2.68. The lowest BCUT2D eigenvalue weighted by Crippen LogP contribution is -2.29. The highest BCUT2D eigenvalue weighted by molar-refractivity contribution is 6.04. The van der Waals surface area contributed by atoms with Crippen LogP contribution in [0.4, 0.5) is 5.69 Å². The number of ether oxygens (including phenoxy) is 1. The van der Waals surface area contributed by atoms with Gasteiger partial charge in [-0.05, 0) is 24.1 Å². The minimum absolute atomic E-state index is 0.0991. The summed E-state index contributed by atoms with van der Waals surface area (Å²) in [6.07, 6.45) is 4.73. The second-order valence-electron chi connectivity index (χ2n) is 5.30. The van der Waals surface area contributed by atoms with Crippen molar-refractivity contribution in [3.63, 3.8) is 0 Å². The molecule has 0 aliphatic rings. The molecule has 2 aromatic rings. The van der Waals surface area contributed by atoms with Crippen LogP contribution in [-0.2, 0) is 6.54 Å². The van der Waals surface area contributed by atoms with Gasteiger partial charge in [-0.2, -0.15) is 0 Å². The SMILES string of the molecule is COc1cnccc1NC(=O)c1cccn(CC(C)C)c1=O. The third kappa shape index (κ3) is 3.52. The van der Waals surface area contributed by atoms with Crippen LogP contribution >= 0.6 is 0 Å². The molecule has 0 spiro atoms. The molecule has 0 aromatic carbocycles. The minimum Gasteiger partial charge on any atom is -0.493 e. The van der Waals surface area contributed by atoms with E-state index in [1.54, 1.807) is 29.1 Å². The summed E-state index contributed by atoms with van der Waals surface area (Å²) >= 11 is 0. The van der Waals surface area contributed by atoms with E-state index in [-0.39, 0.29) is 11.1 Å². The van der Waals surface area contributed by atoms with Crippen molar-refractivity contribution in [3.8, 4) is 5.75 Å². The Morgan fingerprint density at radius 3 is 2.86 bits per heavy atom. The van der Waals surface area contributed by atoms with Gasteiger partial charge in [-0.15, -0.1) is 0 Å². The van der Waals surface area contributed by atoms with Crippen molar-refractivity contribution < 1.29 is 9.53 Å². The van der Waals surface area contributed by atoms with E-state index in [1.165, 1.54) is 19.4 Å². The lowest BCUT2D eigenvalue weighted by atomic mass is 10.2. The van der Waals surface area contributed by atoms with Crippen molar-refractivity contribution in [2.24, 2.45) is 5.92 Å². The topological polar surface area (TPSA) is 73.2 Å². The molecule has 0 unspecified atom stereocenters. The third-order valence-electron chi connectivity index (χ3n) is 3.08. The number of pyridine rings is 2. The molecule has 22 heavy (non-hydrogen) atoms. The summed E-state index contributed by atoms with van der Waals surface area (Å²) in [5.74, 6) is 0.290. The molecule has 1 N–H and O–H groups in total. The van der Waals surface area contributed by atoms with Gasteiger partial charge in [0.1, 0.15) is 5.56 Å². The monoisotopic (exact) mass is 301 g/mol. The first-order valence-electron chi connectivity index (χ1n) is 7.01. The zero-order valence-electron chi connectivity index (χ0n) is 12.9. The zero-order chi connectivity index (χ0) is 16.1. The highest BCUT2D eigenvalue weighted by Gasteiger charge is 2.14. The van der Waals surface area contributed by atoms with E-state index >= 15 is 0 Å². The molecule has 0 radical (unpaired) electrons. The fourth-order valence-corrected chi connectivity index (χ4v) is 2.08. The lowest BCUT2D eigenvalue weighted by molar-refractivity contribution is 0.102. The Bertz CT molecular complexity index is 723. The van der Waals surface area contributed by atoms with Gasteiger partial charge in [0.25, 0.3) is 11.5 Å². The number of carbonyl (C=O) groups is 1. The second-order valence-corrected chi connectivity index (χ2v) is 5.30. The summed E-state index contributed by atoms with van der Waals surface area (Å²) in [6, 6.07) is 4.83. The summed E-state index contributed by atoms with van der Waals surface area (Å²) in [4.78, 5) is 28.6. The number of rotatable bonds is 5. The van der Waals surface area contributed by atoms with Gasteiger partial charge in [0.2, 0.25) is 0 Å². The fourth-order valence-electron chi connectivity index (χ4n) is 2.08. The van der Waals surface area contributed by atoms with Crippen LogP contribution in [0.1, 0.15) is 24.2 Å². The Hall–Kier alpha value is -2.63. The Labute approximate surface area is 128 Å². The zero-order valence-corrected chi connectivity index (χ0v) is 12.9. The van der Waals surface area contributed by atoms with Gasteiger partial charge in [-0.25, -0.2) is 0 Å². The van der Waals surface area contributed by atoms with Gasteiger partial charge in [-0.1, -0.05) is 13.8 Å². The molecule has 6 heteroatoms. The van der Waals surface area contributed by atoms with Crippen LogP contribution < -0.4 is 15.6 Å². The summed E-state index contributed by atoms with van der Waals surface area (Å²) in [6.45, 7) is 4.60. The Morgan fingerprint density at radius 1 is 1.41 bits per heavy atom. The van der Waals surface area contributed by atoms with E-state index in [4.69, 9.17) is 4.74 Å². The summed E-state index contributed by atoms with van der Waals surface area (Å²) < 4.78 is 6.67. The van der Waals surface area contributed by atoms with E-state index in [9.17, 15) is 9.59 Å². The van der Waals surface area contributed by atoms with E-state index in [2.05, 4.69) is 10.3 Å². The first-order chi connectivity index (χ1) is 10.5. The van der Waals surface area contributed by atoms with Gasteiger partial charge < -0.3 is 14.6 Å². The number of hydrogen-bond acceptors (Lipinski definition) is 4. The molecule has 0 bridgehead atoms. The molecule has 0 aliphatic carbocycles. The first-order valence-corrected chi connectivity index (χ1v) is 7.01. The molecular formula is C16H19N3O3. The number of carbonyl (C=O) groups excluding carboxylic acids is 1. The number of anilines is 1. The van der Waals surface area contributed by atoms with Gasteiger partial charge in [-0.3, -0.25) is 14.6 Å². The first kappa shape index (κ1) is 15.8. The van der Waals surface area contributed by atoms with Gasteiger partial charge in [0, 0.05) is 18.9 Å². The molecule has 116 valence electrons. The fraction of sp³-hybridized carbons (Fsp3) is 0.312. The largest absolute Gasteiger partial charge is 0.493 e. The molecule has 1 amide bonds. The molecule has 0 aliphatic heterocycles. The highest BCUT2D eigenvalue weighted by Crippen LogP contribution is 2.21. The maximum Gasteiger partial charge on any atom is 0.263 e. The number of methoxy groups -OCH3 is 1. The molecule has 0 saturated heterocycles. The number of nitrogens with one attached hydrogen (secondary N) is 1. The number of nitrogens with zero attached hydrogens (tertiary/aromatic N) is 2. The predicted octanol–water partition coefficient (Wildman–Crippen LogP) is 2.16. The molecule has 0 fully saturated rings. The van der Waals surface area contributed by atoms with Crippen molar-refractivity contribution >= 4 is 11.6 Å². The van der Waals surface area contributed by atoms with E-state index in [0.29, 0.717) is 23.9 Å². The van der Waals surface area contributed by atoms with Crippen molar-refractivity contribution in [1.29, 1.82) is 0 Å². The van der Waals surface area contributed by atoms with E-state index < -0.39 is 5.91 Å². The highest BCUT2D eigenvalue weighted by atomic mass is 16.5. The molecule has 2 rings (SSSR count). The van der Waals surface area contributed by atoms with Crippen LogP contribution in [0.5, 0.6) is 5.75 Å². The summed E-state index contributed by atoms with van der Waals surface area (Å²) in [7, 11) is 1.49. The van der Waals surface area contributed by atoms with Crippen molar-refractivity contribution in [1.82, 2.24) is 9.55 Å². The van der Waals surface area contributed by atoms with Gasteiger partial charge >= 0.3 is 0 Å². The number of hydrogen-bond donors (Lipinski definition) is 1. The van der Waals surface area contributed by atoms with Crippen LogP contribution in [0.2, 0.25) is 0 Å². The minimum atomic E-state index is -0.465. The quantitative estimate of drug-likeness (QED) is 0.918. The van der Waals surface area contributed by atoms with Crippen molar-refractivity contribution in [2.75, 3.05) is 12.4 Å². The maximum absolute atomic E-state index is 12.3. The molecule has 2 heterocycles. The Balaban J connectivity index is 2.28. The smallest absolute Gasteiger partial charge is 0.263 e. The van der Waals surface area contributed by atoms with Gasteiger partial charge in [0.05, 0.1) is 19.0 Å². The molecule has 6 nitrogen and oxygen atoms in total. The van der Waals surface area contributed by atoms with Gasteiger partial charge in [0.15, 0.2) is 5.75 Å². The van der Waals surface area contributed by atoms with Crippen LogP contribution in [0.25, 0.3) is 0 Å². The number of amides is 1. The normalized spacial score (nSPS) is 10.5. The van der Waals surface area contributed by atoms with Crippen molar-refractivity contribution in [2.45, 2.75) is 20.4 Å². The summed E-state index contributed by atoms with van der Waals surface area (Å²) in [5.41, 5.74) is 0.268. The average Bonchev–Trinajstić information content (AvgIpc) is 2.49. The Morgan fingerprint density at radius 2 is 2.18 bits per heavy atom. The predicted molar refractivity (Wildman–Crippen MR) is 84.3 cm³/mol. The second kappa shape index (κ2) is 6.89.